The van der Waals surface area contributed by atoms with Crippen molar-refractivity contribution in [3.8, 4) is 0 Å². The van der Waals surface area contributed by atoms with E-state index in [1.807, 2.05) is 38.6 Å². The van der Waals surface area contributed by atoms with Gasteiger partial charge in [-0.05, 0) is 87.7 Å². The summed E-state index contributed by atoms with van der Waals surface area (Å²) in [5, 5.41) is 3.30. The number of hydrogen-bond donors (Lipinski definition) is 1. The smallest absolute Gasteiger partial charge is 0.251 e. The van der Waals surface area contributed by atoms with E-state index in [9.17, 15) is 4.79 Å². The first-order valence-corrected chi connectivity index (χ1v) is 10.4. The van der Waals surface area contributed by atoms with Gasteiger partial charge < -0.3 is 14.8 Å². The number of rotatable bonds is 7. The number of aromatic nitrogens is 2. The van der Waals surface area contributed by atoms with E-state index in [1.165, 1.54) is 24.0 Å². The van der Waals surface area contributed by atoms with Gasteiger partial charge in [0, 0.05) is 24.7 Å². The molecule has 0 radical (unpaired) electrons. The summed E-state index contributed by atoms with van der Waals surface area (Å²) in [5.41, 5.74) is 6.57. The first-order chi connectivity index (χ1) is 13.9. The Labute approximate surface area is 172 Å². The molecule has 3 aromatic rings. The zero-order valence-corrected chi connectivity index (χ0v) is 17.8. The van der Waals surface area contributed by atoms with Gasteiger partial charge in [-0.2, -0.15) is 0 Å². The van der Waals surface area contributed by atoms with Gasteiger partial charge in [-0.15, -0.1) is 0 Å². The lowest BCUT2D eigenvalue weighted by Crippen LogP contribution is -2.39. The highest BCUT2D eigenvalue weighted by Gasteiger charge is 2.33. The highest BCUT2D eigenvalue weighted by atomic mass is 16.1. The Balaban J connectivity index is 1.52. The van der Waals surface area contributed by atoms with E-state index in [4.69, 9.17) is 0 Å². The summed E-state index contributed by atoms with van der Waals surface area (Å²) in [5.74, 6) is 0.562. The van der Waals surface area contributed by atoms with E-state index in [1.54, 1.807) is 0 Å². The molecule has 5 nitrogen and oxygen atoms in total. The zero-order chi connectivity index (χ0) is 20.5. The molecule has 1 aromatic heterocycles. The summed E-state index contributed by atoms with van der Waals surface area (Å²) in [7, 11) is 4.07. The van der Waals surface area contributed by atoms with Crippen LogP contribution < -0.4 is 5.32 Å². The Hall–Kier alpha value is -2.66. The maximum Gasteiger partial charge on any atom is 0.251 e. The lowest BCUT2D eigenvalue weighted by Gasteiger charge is -2.20. The average molecular weight is 391 g/mol. The van der Waals surface area contributed by atoms with Gasteiger partial charge in [0.15, 0.2) is 0 Å². The number of benzene rings is 2. The molecular formula is C24H30N4O. The van der Waals surface area contributed by atoms with Crippen molar-refractivity contribution in [2.75, 3.05) is 14.1 Å². The topological polar surface area (TPSA) is 50.2 Å². The van der Waals surface area contributed by atoms with E-state index in [0.717, 1.165) is 35.2 Å². The molecule has 0 unspecified atom stereocenters. The van der Waals surface area contributed by atoms with Crippen LogP contribution in [-0.2, 0) is 13.1 Å². The van der Waals surface area contributed by atoms with Crippen LogP contribution in [-0.4, -0.2) is 40.5 Å². The van der Waals surface area contributed by atoms with Gasteiger partial charge in [0.25, 0.3) is 5.91 Å². The molecule has 0 saturated heterocycles. The van der Waals surface area contributed by atoms with Crippen LogP contribution in [0.5, 0.6) is 0 Å². The highest BCUT2D eigenvalue weighted by Crippen LogP contribution is 2.34. The Bertz CT molecular complexity index is 1030. The molecule has 5 heteroatoms. The molecule has 4 rings (SSSR count). The van der Waals surface area contributed by atoms with E-state index >= 15 is 0 Å². The van der Waals surface area contributed by atoms with Crippen LogP contribution in [0.1, 0.15) is 39.9 Å². The van der Waals surface area contributed by atoms with Gasteiger partial charge in [-0.1, -0.05) is 12.1 Å². The van der Waals surface area contributed by atoms with Gasteiger partial charge in [-0.3, -0.25) is 4.79 Å². The highest BCUT2D eigenvalue weighted by molar-refractivity contribution is 5.94. The Kier molecular flexibility index (Phi) is 5.41. The molecule has 1 aliphatic rings. The fourth-order valence-corrected chi connectivity index (χ4v) is 3.91. The van der Waals surface area contributed by atoms with Crippen molar-refractivity contribution in [1.82, 2.24) is 19.8 Å². The Morgan fingerprint density at radius 3 is 2.69 bits per heavy atom. The summed E-state index contributed by atoms with van der Waals surface area (Å²) < 4.78 is 2.19. The van der Waals surface area contributed by atoms with Crippen LogP contribution in [0.3, 0.4) is 0 Å². The van der Waals surface area contributed by atoms with Crippen LogP contribution in [0.4, 0.5) is 0 Å². The van der Waals surface area contributed by atoms with Crippen molar-refractivity contribution in [3.63, 3.8) is 0 Å². The van der Waals surface area contributed by atoms with Crippen molar-refractivity contribution in [3.05, 3.63) is 65.0 Å². The summed E-state index contributed by atoms with van der Waals surface area (Å²) in [6.45, 7) is 5.83. The Morgan fingerprint density at radius 2 is 1.97 bits per heavy atom. The fourth-order valence-electron chi connectivity index (χ4n) is 3.91. The van der Waals surface area contributed by atoms with Gasteiger partial charge >= 0.3 is 0 Å². The van der Waals surface area contributed by atoms with Crippen molar-refractivity contribution in [2.45, 2.75) is 45.8 Å². The van der Waals surface area contributed by atoms with Crippen molar-refractivity contribution < 1.29 is 4.79 Å². The van der Waals surface area contributed by atoms with E-state index < -0.39 is 0 Å². The zero-order valence-electron chi connectivity index (χ0n) is 17.8. The normalized spacial score (nSPS) is 15.1. The number of carbonyl (C=O) groups is 1. The summed E-state index contributed by atoms with van der Waals surface area (Å²) in [6, 6.07) is 12.4. The minimum Gasteiger partial charge on any atom is -0.347 e. The third-order valence-electron chi connectivity index (χ3n) is 5.83. The summed E-state index contributed by atoms with van der Waals surface area (Å²) in [6.07, 6.45) is 4.26. The molecule has 0 spiro atoms. The predicted molar refractivity (Wildman–Crippen MR) is 117 cm³/mol. The van der Waals surface area contributed by atoms with Crippen molar-refractivity contribution in [1.29, 1.82) is 0 Å². The summed E-state index contributed by atoms with van der Waals surface area (Å²) in [4.78, 5) is 19.7. The molecule has 1 N–H and O–H groups in total. The second kappa shape index (κ2) is 7.99. The van der Waals surface area contributed by atoms with E-state index in [0.29, 0.717) is 5.92 Å². The second-order valence-corrected chi connectivity index (χ2v) is 8.68. The molecule has 1 aliphatic carbocycles. The first-order valence-electron chi connectivity index (χ1n) is 10.4. The third-order valence-corrected chi connectivity index (χ3v) is 5.83. The lowest BCUT2D eigenvalue weighted by atomic mass is 10.1. The van der Waals surface area contributed by atoms with Crippen molar-refractivity contribution in [2.24, 2.45) is 5.92 Å². The van der Waals surface area contributed by atoms with Crippen LogP contribution in [0.25, 0.3) is 11.0 Å². The second-order valence-electron chi connectivity index (χ2n) is 8.68. The molecule has 29 heavy (non-hydrogen) atoms. The molecule has 1 atom stereocenters. The summed E-state index contributed by atoms with van der Waals surface area (Å²) >= 11 is 0. The third kappa shape index (κ3) is 4.51. The number of amides is 1. The van der Waals surface area contributed by atoms with Crippen LogP contribution in [0.15, 0.2) is 42.7 Å². The van der Waals surface area contributed by atoms with Gasteiger partial charge in [-0.25, -0.2) is 4.98 Å². The fraction of sp³-hybridized carbons (Fsp3) is 0.417. The quantitative estimate of drug-likeness (QED) is 0.665. The maximum atomic E-state index is 13.0. The van der Waals surface area contributed by atoms with E-state index in [-0.39, 0.29) is 11.9 Å². The van der Waals surface area contributed by atoms with Gasteiger partial charge in [0.05, 0.1) is 17.4 Å². The lowest BCUT2D eigenvalue weighted by molar-refractivity contribution is 0.0927. The van der Waals surface area contributed by atoms with Crippen LogP contribution in [0, 0.1) is 19.8 Å². The number of carbonyl (C=O) groups excluding carboxylic acids is 1. The number of imidazole rings is 1. The largest absolute Gasteiger partial charge is 0.347 e. The molecule has 1 amide bonds. The molecule has 152 valence electrons. The van der Waals surface area contributed by atoms with Gasteiger partial charge in [0.1, 0.15) is 0 Å². The maximum absolute atomic E-state index is 13.0. The van der Waals surface area contributed by atoms with Crippen LogP contribution in [0.2, 0.25) is 0 Å². The molecule has 1 heterocycles. The Morgan fingerprint density at radius 1 is 1.21 bits per heavy atom. The number of nitrogens with one attached hydrogen (secondary N) is 1. The number of hydrogen-bond acceptors (Lipinski definition) is 3. The molecule has 1 saturated carbocycles. The molecule has 0 bridgehead atoms. The predicted octanol–water partition coefficient (Wildman–Crippen LogP) is 3.92. The molecular weight excluding hydrogens is 360 g/mol. The first kappa shape index (κ1) is 19.6. The van der Waals surface area contributed by atoms with Gasteiger partial charge in [0.2, 0.25) is 0 Å². The minimum atomic E-state index is 0.0129. The molecule has 0 aliphatic heterocycles. The number of aryl methyl sites for hydroxylation is 2. The van der Waals surface area contributed by atoms with Crippen LogP contribution >= 0.6 is 0 Å². The van der Waals surface area contributed by atoms with E-state index in [2.05, 4.69) is 51.8 Å². The molecule has 1 fully saturated rings. The minimum absolute atomic E-state index is 0.0129. The monoisotopic (exact) mass is 390 g/mol. The van der Waals surface area contributed by atoms with Crippen molar-refractivity contribution >= 4 is 16.9 Å². The average Bonchev–Trinajstić information content (AvgIpc) is 3.45. The number of fused-ring (bicyclic) bond motifs is 1. The number of nitrogens with zero attached hydrogens (tertiary/aromatic N) is 3. The molecule has 2 aromatic carbocycles. The standard InChI is InChI=1S/C24H30N4O/c1-16-10-21-23(11-17(16)2)28(15-25-21)14-22(19-8-9-19)26-24(29)20-7-5-6-18(12-20)13-27(3)4/h5-7,10-12,15,19,22H,8-9,13-14H2,1-4H3,(H,26,29)/t22-/m1/s1. The SMILES string of the molecule is Cc1cc2ncn(C[C@@H](NC(=O)c3cccc(CN(C)C)c3)C3CC3)c2cc1C.